The van der Waals surface area contributed by atoms with Gasteiger partial charge in [0.1, 0.15) is 0 Å². The molecule has 0 saturated carbocycles. The largest absolute Gasteiger partial charge is 0.399 e. The molecule has 0 bridgehead atoms. The molecule has 7 aromatic rings. The Morgan fingerprint density at radius 3 is 1.44 bits per heavy atom. The number of aryl methyl sites for hydroxylation is 1. The summed E-state index contributed by atoms with van der Waals surface area (Å²) in [5.74, 6) is 0.187. The standard InChI is InChI=1S/C48H42N4/c1-35-22-24-36(25-23-35)34-45(37-14-6-2-7-15-37)46(38-16-8-3-9-17-38)50-43-30-32-44(33-31-43)52-48(40-20-12-5-13-21-40)47(39-18-10-4-11-19-39)51-42-28-26-41(49)27-29-42/h2-33,45-46,50H,34,49H2,1H3. The summed E-state index contributed by atoms with van der Waals surface area (Å²) in [4.78, 5) is 10.4. The summed E-state index contributed by atoms with van der Waals surface area (Å²) in [6, 6.07) is 67.1. The van der Waals surface area contributed by atoms with Crippen LogP contribution in [0.1, 0.15) is 45.3 Å². The van der Waals surface area contributed by atoms with E-state index in [-0.39, 0.29) is 12.0 Å². The van der Waals surface area contributed by atoms with Crippen molar-refractivity contribution in [1.29, 1.82) is 0 Å². The van der Waals surface area contributed by atoms with E-state index < -0.39 is 0 Å². The molecule has 2 unspecified atom stereocenters. The van der Waals surface area contributed by atoms with Crippen LogP contribution in [0.2, 0.25) is 0 Å². The molecule has 7 rings (SSSR count). The zero-order valence-electron chi connectivity index (χ0n) is 29.3. The molecule has 2 atom stereocenters. The molecule has 0 radical (unpaired) electrons. The van der Waals surface area contributed by atoms with E-state index in [0.29, 0.717) is 5.69 Å². The van der Waals surface area contributed by atoms with E-state index in [4.69, 9.17) is 15.7 Å². The second kappa shape index (κ2) is 16.5. The van der Waals surface area contributed by atoms with Gasteiger partial charge in [0.15, 0.2) is 0 Å². The third-order valence-corrected chi connectivity index (χ3v) is 9.25. The van der Waals surface area contributed by atoms with Gasteiger partial charge in [-0.25, -0.2) is 9.98 Å². The summed E-state index contributed by atoms with van der Waals surface area (Å²) in [6.07, 6.45) is 0.898. The SMILES string of the molecule is Cc1ccc(CC(c2ccccc2)C(Nc2ccc(N=C(C(=Nc3ccc(N)cc3)c3ccccc3)c3ccccc3)cc2)c2ccccc2)cc1. The predicted octanol–water partition coefficient (Wildman–Crippen LogP) is 11.7. The van der Waals surface area contributed by atoms with Crippen molar-refractivity contribution < 1.29 is 0 Å². The molecule has 0 aliphatic rings. The molecule has 0 aliphatic heterocycles. The number of hydrogen-bond donors (Lipinski definition) is 2. The van der Waals surface area contributed by atoms with Gasteiger partial charge in [0.2, 0.25) is 0 Å². The van der Waals surface area contributed by atoms with E-state index in [9.17, 15) is 0 Å². The average molecular weight is 675 g/mol. The van der Waals surface area contributed by atoms with Gasteiger partial charge in [-0.3, -0.25) is 0 Å². The molecule has 0 fully saturated rings. The Kier molecular flexibility index (Phi) is 10.7. The van der Waals surface area contributed by atoms with Gasteiger partial charge in [-0.05, 0) is 78.6 Å². The number of nitrogens with one attached hydrogen (secondary N) is 1. The lowest BCUT2D eigenvalue weighted by atomic mass is 9.82. The molecule has 0 saturated heterocycles. The number of nitrogen functional groups attached to an aromatic ring is 1. The smallest absolute Gasteiger partial charge is 0.0972 e. The summed E-state index contributed by atoms with van der Waals surface area (Å²) in [5.41, 5.74) is 18.0. The Labute approximate surface area is 307 Å². The van der Waals surface area contributed by atoms with Gasteiger partial charge >= 0.3 is 0 Å². The first kappa shape index (κ1) is 34.0. The third kappa shape index (κ3) is 8.61. The quantitative estimate of drug-likeness (QED) is 0.100. The van der Waals surface area contributed by atoms with Crippen molar-refractivity contribution in [1.82, 2.24) is 0 Å². The van der Waals surface area contributed by atoms with Gasteiger partial charge < -0.3 is 11.1 Å². The van der Waals surface area contributed by atoms with Gasteiger partial charge in [-0.15, -0.1) is 0 Å². The first-order valence-electron chi connectivity index (χ1n) is 17.8. The van der Waals surface area contributed by atoms with E-state index in [1.807, 2.05) is 60.7 Å². The molecule has 4 heteroatoms. The highest BCUT2D eigenvalue weighted by Gasteiger charge is 2.25. The molecule has 0 aromatic heterocycles. The molecular weight excluding hydrogens is 633 g/mol. The van der Waals surface area contributed by atoms with Crippen molar-refractivity contribution in [2.45, 2.75) is 25.3 Å². The molecule has 52 heavy (non-hydrogen) atoms. The Bertz CT molecular complexity index is 2210. The van der Waals surface area contributed by atoms with Gasteiger partial charge in [-0.2, -0.15) is 0 Å². The van der Waals surface area contributed by atoms with Gasteiger partial charge in [-0.1, -0.05) is 151 Å². The Morgan fingerprint density at radius 2 is 0.942 bits per heavy atom. The van der Waals surface area contributed by atoms with Gasteiger partial charge in [0.25, 0.3) is 0 Å². The number of nitrogens with zero attached hydrogens (tertiary/aromatic N) is 2. The molecule has 0 amide bonds. The van der Waals surface area contributed by atoms with Crippen LogP contribution in [0.5, 0.6) is 0 Å². The summed E-state index contributed by atoms with van der Waals surface area (Å²) in [6.45, 7) is 2.14. The van der Waals surface area contributed by atoms with Gasteiger partial charge in [0.05, 0.1) is 28.8 Å². The van der Waals surface area contributed by atoms with Crippen molar-refractivity contribution >= 4 is 34.2 Å². The zero-order chi connectivity index (χ0) is 35.5. The maximum absolute atomic E-state index is 6.01. The summed E-state index contributed by atoms with van der Waals surface area (Å²) < 4.78 is 0. The lowest BCUT2D eigenvalue weighted by Gasteiger charge is -2.30. The fourth-order valence-electron chi connectivity index (χ4n) is 6.50. The van der Waals surface area contributed by atoms with Crippen LogP contribution in [-0.2, 0) is 6.42 Å². The van der Waals surface area contributed by atoms with Crippen LogP contribution >= 0.6 is 0 Å². The van der Waals surface area contributed by atoms with Crippen LogP contribution in [0.4, 0.5) is 22.7 Å². The molecule has 3 N–H and O–H groups in total. The maximum Gasteiger partial charge on any atom is 0.0972 e. The summed E-state index contributed by atoms with van der Waals surface area (Å²) in [7, 11) is 0. The van der Waals surface area contributed by atoms with Crippen LogP contribution in [0.3, 0.4) is 0 Å². The fraction of sp³-hybridized carbons (Fsp3) is 0.0833. The Morgan fingerprint density at radius 1 is 0.500 bits per heavy atom. The highest BCUT2D eigenvalue weighted by atomic mass is 14.9. The second-order valence-electron chi connectivity index (χ2n) is 13.0. The minimum Gasteiger partial charge on any atom is -0.399 e. The topological polar surface area (TPSA) is 62.8 Å². The van der Waals surface area contributed by atoms with Crippen molar-refractivity contribution in [3.8, 4) is 0 Å². The van der Waals surface area contributed by atoms with Crippen molar-refractivity contribution in [2.24, 2.45) is 9.98 Å². The number of benzene rings is 7. The van der Waals surface area contributed by atoms with Crippen molar-refractivity contribution in [3.05, 3.63) is 228 Å². The minimum atomic E-state index is 0.0239. The normalized spacial score (nSPS) is 12.9. The number of aliphatic imine (C=N–C) groups is 2. The molecule has 0 heterocycles. The van der Waals surface area contributed by atoms with Crippen LogP contribution < -0.4 is 11.1 Å². The van der Waals surface area contributed by atoms with Crippen LogP contribution in [0.25, 0.3) is 0 Å². The van der Waals surface area contributed by atoms with Crippen LogP contribution in [0, 0.1) is 6.92 Å². The summed E-state index contributed by atoms with van der Waals surface area (Å²) >= 11 is 0. The highest BCUT2D eigenvalue weighted by molar-refractivity contribution is 6.54. The molecule has 7 aromatic carbocycles. The number of nitrogens with two attached hydrogens (primary N) is 1. The molecular formula is C48H42N4. The van der Waals surface area contributed by atoms with Crippen LogP contribution in [-0.4, -0.2) is 11.4 Å². The number of anilines is 2. The second-order valence-corrected chi connectivity index (χ2v) is 13.0. The van der Waals surface area contributed by atoms with Gasteiger partial charge in [0, 0.05) is 28.4 Å². The van der Waals surface area contributed by atoms with Crippen molar-refractivity contribution in [2.75, 3.05) is 11.1 Å². The van der Waals surface area contributed by atoms with Crippen molar-refractivity contribution in [3.63, 3.8) is 0 Å². The fourth-order valence-corrected chi connectivity index (χ4v) is 6.50. The lowest BCUT2D eigenvalue weighted by Crippen LogP contribution is -2.21. The van der Waals surface area contributed by atoms with E-state index in [1.54, 1.807) is 0 Å². The monoisotopic (exact) mass is 674 g/mol. The first-order valence-corrected chi connectivity index (χ1v) is 17.8. The van der Waals surface area contributed by atoms with E-state index in [1.165, 1.54) is 22.3 Å². The Balaban J connectivity index is 1.26. The van der Waals surface area contributed by atoms with E-state index in [2.05, 4.69) is 146 Å². The summed E-state index contributed by atoms with van der Waals surface area (Å²) in [5, 5.41) is 3.94. The van der Waals surface area contributed by atoms with E-state index >= 15 is 0 Å². The lowest BCUT2D eigenvalue weighted by molar-refractivity contribution is 0.583. The number of hydrogen-bond acceptors (Lipinski definition) is 4. The highest BCUT2D eigenvalue weighted by Crippen LogP contribution is 2.37. The molecule has 254 valence electrons. The van der Waals surface area contributed by atoms with Crippen LogP contribution in [0.15, 0.2) is 204 Å². The maximum atomic E-state index is 6.01. The number of rotatable bonds is 12. The molecule has 0 aliphatic carbocycles. The minimum absolute atomic E-state index is 0.0239. The molecule has 0 spiro atoms. The third-order valence-electron chi connectivity index (χ3n) is 9.25. The zero-order valence-corrected chi connectivity index (χ0v) is 29.3. The predicted molar refractivity (Wildman–Crippen MR) is 219 cm³/mol. The van der Waals surface area contributed by atoms with E-state index in [0.717, 1.165) is 46.0 Å². The molecule has 4 nitrogen and oxygen atoms in total. The Hall–Kier alpha value is -6.52. The first-order chi connectivity index (χ1) is 25.6. The average Bonchev–Trinajstić information content (AvgIpc) is 3.21.